The summed E-state index contributed by atoms with van der Waals surface area (Å²) in [5.41, 5.74) is 1.88. The molecule has 1 spiro atoms. The third-order valence-electron chi connectivity index (χ3n) is 7.53. The van der Waals surface area contributed by atoms with Crippen molar-refractivity contribution in [3.63, 3.8) is 0 Å². The minimum Gasteiger partial charge on any atom is -0.507 e. The Bertz CT molecular complexity index is 1500. The number of pyridine rings is 1. The van der Waals surface area contributed by atoms with Gasteiger partial charge in [-0.3, -0.25) is 19.4 Å². The molecule has 1 unspecified atom stereocenters. The number of hydrogen-bond donors (Lipinski definition) is 1. The summed E-state index contributed by atoms with van der Waals surface area (Å²) in [5, 5.41) is 11.5. The molecule has 1 aromatic heterocycles. The third-order valence-corrected chi connectivity index (χ3v) is 7.84. The number of nitrogens with zero attached hydrogens (tertiary/aromatic N) is 5. The van der Waals surface area contributed by atoms with Crippen LogP contribution in [0.5, 0.6) is 5.75 Å². The lowest BCUT2D eigenvalue weighted by Crippen LogP contribution is -2.30. The molecule has 0 radical (unpaired) electrons. The van der Waals surface area contributed by atoms with Gasteiger partial charge in [0.25, 0.3) is 0 Å². The maximum atomic E-state index is 14.9. The van der Waals surface area contributed by atoms with Crippen molar-refractivity contribution in [2.45, 2.75) is 12.8 Å². The summed E-state index contributed by atoms with van der Waals surface area (Å²) in [5.74, 6) is -0.186. The fourth-order valence-corrected chi connectivity index (χ4v) is 5.85. The van der Waals surface area contributed by atoms with Gasteiger partial charge in [0.15, 0.2) is 0 Å². The molecule has 2 fully saturated rings. The molecule has 1 N–H and O–H groups in total. The number of carbonyl (C=O) groups is 2. The van der Waals surface area contributed by atoms with Crippen molar-refractivity contribution in [2.24, 2.45) is 5.41 Å². The molecular formula is C30H31ClFN5O3. The number of phenols is 1. The van der Waals surface area contributed by atoms with Crippen LogP contribution >= 0.6 is 11.6 Å². The first-order valence-corrected chi connectivity index (χ1v) is 13.3. The average Bonchev–Trinajstić information content (AvgIpc) is 3.45. The first kappa shape index (κ1) is 27.6. The van der Waals surface area contributed by atoms with Gasteiger partial charge < -0.3 is 14.9 Å². The molecule has 3 heterocycles. The van der Waals surface area contributed by atoms with Crippen LogP contribution in [0.1, 0.15) is 12.8 Å². The van der Waals surface area contributed by atoms with Crippen molar-refractivity contribution >= 4 is 35.4 Å². The van der Waals surface area contributed by atoms with Gasteiger partial charge in [0.2, 0.25) is 12.3 Å². The molecule has 0 bridgehead atoms. The van der Waals surface area contributed by atoms with Crippen LogP contribution in [0.2, 0.25) is 5.02 Å². The average molecular weight is 564 g/mol. The lowest BCUT2D eigenvalue weighted by atomic mass is 9.86. The molecule has 2 amide bonds. The van der Waals surface area contributed by atoms with E-state index in [-0.39, 0.29) is 33.2 Å². The zero-order chi connectivity index (χ0) is 28.6. The second-order valence-corrected chi connectivity index (χ2v) is 11.2. The predicted molar refractivity (Wildman–Crippen MR) is 155 cm³/mol. The summed E-state index contributed by atoms with van der Waals surface area (Å²) >= 11 is 6.51. The lowest BCUT2D eigenvalue weighted by molar-refractivity contribution is -0.117. The van der Waals surface area contributed by atoms with Crippen molar-refractivity contribution in [1.29, 1.82) is 0 Å². The van der Waals surface area contributed by atoms with Gasteiger partial charge in [-0.15, -0.1) is 0 Å². The highest BCUT2D eigenvalue weighted by Crippen LogP contribution is 2.44. The van der Waals surface area contributed by atoms with E-state index in [2.05, 4.69) is 16.9 Å². The summed E-state index contributed by atoms with van der Waals surface area (Å²) in [4.78, 5) is 36.1. The second kappa shape index (κ2) is 10.9. The molecule has 5 rings (SSSR count). The van der Waals surface area contributed by atoms with E-state index >= 15 is 0 Å². The number of phenolic OH excluding ortho intramolecular Hbond substituents is 1. The number of likely N-dealkylation sites (tertiary alicyclic amines) is 1. The standard InChI is InChI=1S/C30H31ClFN5O3/c1-34(2)10-11-36(19-38)26-5-4-20(12-25(26)31)23-14-22(32)15-24(29(23)40)21-6-8-33-27(13-21)37-18-30(16-28(37)39)7-9-35(3)17-30/h4-6,8,10-15,19,40H,7,9,16-18H2,1-3H3/b11-10-. The normalized spacial score (nSPS) is 19.2. The first-order valence-electron chi connectivity index (χ1n) is 13.0. The minimum absolute atomic E-state index is 0.0172. The van der Waals surface area contributed by atoms with Gasteiger partial charge in [0.1, 0.15) is 17.4 Å². The molecule has 0 saturated carbocycles. The molecule has 208 valence electrons. The van der Waals surface area contributed by atoms with Crippen LogP contribution in [0.25, 0.3) is 22.3 Å². The third kappa shape index (κ3) is 5.39. The Labute approximate surface area is 237 Å². The van der Waals surface area contributed by atoms with Crippen LogP contribution in [0.3, 0.4) is 0 Å². The maximum Gasteiger partial charge on any atom is 0.228 e. The van der Waals surface area contributed by atoms with Crippen LogP contribution in [-0.2, 0) is 9.59 Å². The number of carbonyl (C=O) groups excluding carboxylic acids is 2. The van der Waals surface area contributed by atoms with Gasteiger partial charge in [-0.25, -0.2) is 9.37 Å². The highest BCUT2D eigenvalue weighted by molar-refractivity contribution is 6.34. The van der Waals surface area contributed by atoms with Gasteiger partial charge >= 0.3 is 0 Å². The minimum atomic E-state index is -0.546. The van der Waals surface area contributed by atoms with E-state index in [1.165, 1.54) is 17.0 Å². The zero-order valence-corrected chi connectivity index (χ0v) is 23.4. The summed E-state index contributed by atoms with van der Waals surface area (Å²) in [7, 11) is 5.72. The molecule has 3 aromatic rings. The maximum absolute atomic E-state index is 14.9. The fourth-order valence-electron chi connectivity index (χ4n) is 5.57. The van der Waals surface area contributed by atoms with Crippen molar-refractivity contribution < 1.29 is 19.1 Å². The van der Waals surface area contributed by atoms with Crippen molar-refractivity contribution in [3.05, 3.63) is 71.9 Å². The molecule has 2 aliphatic heterocycles. The van der Waals surface area contributed by atoms with E-state index in [9.17, 15) is 19.1 Å². The summed E-state index contributed by atoms with van der Waals surface area (Å²) in [6.45, 7) is 2.40. The van der Waals surface area contributed by atoms with Crippen molar-refractivity contribution in [2.75, 3.05) is 50.6 Å². The number of aromatic nitrogens is 1. The van der Waals surface area contributed by atoms with Gasteiger partial charge in [0.05, 0.1) is 10.7 Å². The molecule has 40 heavy (non-hydrogen) atoms. The smallest absolute Gasteiger partial charge is 0.228 e. The number of rotatable bonds is 7. The van der Waals surface area contributed by atoms with E-state index < -0.39 is 5.82 Å². The Hall–Kier alpha value is -3.95. The number of anilines is 2. The lowest BCUT2D eigenvalue weighted by Gasteiger charge is -2.23. The Morgan fingerprint density at radius 1 is 1.07 bits per heavy atom. The highest BCUT2D eigenvalue weighted by atomic mass is 35.5. The van der Waals surface area contributed by atoms with Gasteiger partial charge in [0, 0.05) is 68.7 Å². The summed E-state index contributed by atoms with van der Waals surface area (Å²) in [6, 6.07) is 10.8. The monoisotopic (exact) mass is 563 g/mol. The Morgan fingerprint density at radius 2 is 1.80 bits per heavy atom. The van der Waals surface area contributed by atoms with Crippen LogP contribution in [-0.4, -0.2) is 73.0 Å². The van der Waals surface area contributed by atoms with E-state index in [4.69, 9.17) is 11.6 Å². The summed E-state index contributed by atoms with van der Waals surface area (Å²) < 4.78 is 14.9. The number of hydrogen-bond acceptors (Lipinski definition) is 6. The van der Waals surface area contributed by atoms with Crippen LogP contribution in [0, 0.1) is 11.2 Å². The molecule has 8 nitrogen and oxygen atoms in total. The van der Waals surface area contributed by atoms with E-state index in [1.807, 2.05) is 14.1 Å². The van der Waals surface area contributed by atoms with Crippen molar-refractivity contribution in [1.82, 2.24) is 14.8 Å². The molecule has 2 saturated heterocycles. The van der Waals surface area contributed by atoms with Crippen molar-refractivity contribution in [3.8, 4) is 28.0 Å². The first-order chi connectivity index (χ1) is 19.1. The van der Waals surface area contributed by atoms with E-state index in [0.717, 1.165) is 19.5 Å². The molecular weight excluding hydrogens is 533 g/mol. The Morgan fingerprint density at radius 3 is 2.42 bits per heavy atom. The van der Waals surface area contributed by atoms with Crippen LogP contribution in [0.4, 0.5) is 15.9 Å². The number of aromatic hydroxyl groups is 1. The molecule has 10 heteroatoms. The number of amides is 2. The molecule has 2 aliphatic rings. The SMILES string of the molecule is CN(C)/C=C\N(C=O)c1ccc(-c2cc(F)cc(-c3ccnc(N4CC5(CCN(C)C5)CC4=O)c3)c2O)cc1Cl. The fraction of sp³-hybridized carbons (Fsp3) is 0.300. The quantitative estimate of drug-likeness (QED) is 0.409. The van der Waals surface area contributed by atoms with E-state index in [1.54, 1.807) is 58.7 Å². The van der Waals surface area contributed by atoms with Gasteiger partial charge in [-0.2, -0.15) is 0 Å². The second-order valence-electron chi connectivity index (χ2n) is 10.8. The molecule has 0 aliphatic carbocycles. The zero-order valence-electron chi connectivity index (χ0n) is 22.6. The number of benzene rings is 2. The Kier molecular flexibility index (Phi) is 7.53. The largest absolute Gasteiger partial charge is 0.507 e. The predicted octanol–water partition coefficient (Wildman–Crippen LogP) is 4.97. The topological polar surface area (TPSA) is 80.2 Å². The number of halogens is 2. The van der Waals surface area contributed by atoms with E-state index in [0.29, 0.717) is 42.0 Å². The molecule has 2 aromatic carbocycles. The van der Waals surface area contributed by atoms with Gasteiger partial charge in [-0.05, 0) is 67.5 Å². The van der Waals surface area contributed by atoms with Crippen LogP contribution in [0.15, 0.2) is 61.1 Å². The highest BCUT2D eigenvalue weighted by Gasteiger charge is 2.47. The Balaban J connectivity index is 1.47. The van der Waals surface area contributed by atoms with Gasteiger partial charge in [-0.1, -0.05) is 17.7 Å². The van der Waals surface area contributed by atoms with Crippen LogP contribution < -0.4 is 9.80 Å². The summed E-state index contributed by atoms with van der Waals surface area (Å²) in [6.07, 6.45) is 6.91. The molecule has 1 atom stereocenters.